The van der Waals surface area contributed by atoms with Gasteiger partial charge >= 0.3 is 5.97 Å². The molecule has 0 aliphatic rings. The second-order valence-corrected chi connectivity index (χ2v) is 4.57. The largest absolute Gasteiger partial charge is 0.480 e. The topological polar surface area (TPSA) is 95.1 Å². The Morgan fingerprint density at radius 1 is 1.65 bits per heavy atom. The minimum Gasteiger partial charge on any atom is -0.480 e. The van der Waals surface area contributed by atoms with E-state index in [4.69, 9.17) is 5.11 Å². The number of carboxylic acids is 1. The van der Waals surface area contributed by atoms with E-state index in [0.717, 1.165) is 5.69 Å². The minimum atomic E-state index is -1.03. The van der Waals surface area contributed by atoms with Crippen LogP contribution in [0, 0.1) is 6.92 Å². The van der Waals surface area contributed by atoms with Crippen LogP contribution in [0.5, 0.6) is 0 Å². The van der Waals surface area contributed by atoms with Crippen molar-refractivity contribution in [2.24, 2.45) is 0 Å². The highest BCUT2D eigenvalue weighted by Gasteiger charge is 2.21. The van der Waals surface area contributed by atoms with Crippen LogP contribution in [-0.4, -0.2) is 45.2 Å². The molecule has 94 valence electrons. The average Bonchev–Trinajstić information content (AvgIpc) is 2.70. The van der Waals surface area contributed by atoms with Crippen molar-refractivity contribution < 1.29 is 14.7 Å². The van der Waals surface area contributed by atoms with Gasteiger partial charge in [0.1, 0.15) is 11.7 Å². The predicted molar refractivity (Wildman–Crippen MR) is 65.2 cm³/mol. The Balaban J connectivity index is 2.60. The molecular weight excluding hydrogens is 242 g/mol. The molecule has 1 amide bonds. The van der Waals surface area contributed by atoms with E-state index < -0.39 is 17.9 Å². The lowest BCUT2D eigenvalue weighted by Gasteiger charge is -2.12. The fraction of sp³-hybridized carbons (Fsp3) is 0.500. The fourth-order valence-corrected chi connectivity index (χ4v) is 1.73. The number of carboxylic acid groups (broad SMARTS) is 1. The zero-order valence-electron chi connectivity index (χ0n) is 9.69. The summed E-state index contributed by atoms with van der Waals surface area (Å²) in [5.74, 6) is -0.820. The number of H-pyrrole nitrogens is 1. The van der Waals surface area contributed by atoms with Crippen LogP contribution in [0.4, 0.5) is 0 Å². The molecule has 0 aromatic carbocycles. The van der Waals surface area contributed by atoms with Crippen LogP contribution >= 0.6 is 11.8 Å². The first-order chi connectivity index (χ1) is 8.04. The Hall–Kier alpha value is -1.50. The molecule has 0 spiro atoms. The van der Waals surface area contributed by atoms with Crippen molar-refractivity contribution in [3.05, 3.63) is 17.5 Å². The zero-order valence-corrected chi connectivity index (χ0v) is 10.5. The van der Waals surface area contributed by atoms with Gasteiger partial charge in [0, 0.05) is 5.69 Å². The molecule has 0 aliphatic heterocycles. The summed E-state index contributed by atoms with van der Waals surface area (Å²) in [5.41, 5.74) is 0.962. The number of hydrogen-bond acceptors (Lipinski definition) is 4. The van der Waals surface area contributed by atoms with E-state index in [0.29, 0.717) is 12.2 Å². The first kappa shape index (κ1) is 13.6. The second-order valence-electron chi connectivity index (χ2n) is 3.58. The van der Waals surface area contributed by atoms with Gasteiger partial charge in [0.15, 0.2) is 0 Å². The van der Waals surface area contributed by atoms with Crippen molar-refractivity contribution in [3.63, 3.8) is 0 Å². The number of rotatable bonds is 6. The molecule has 0 bridgehead atoms. The summed E-state index contributed by atoms with van der Waals surface area (Å²) >= 11 is 1.54. The molecule has 0 aliphatic carbocycles. The molecule has 1 aromatic rings. The van der Waals surface area contributed by atoms with Gasteiger partial charge < -0.3 is 10.4 Å². The highest BCUT2D eigenvalue weighted by molar-refractivity contribution is 7.98. The molecule has 17 heavy (non-hydrogen) atoms. The van der Waals surface area contributed by atoms with E-state index in [2.05, 4.69) is 15.5 Å². The van der Waals surface area contributed by atoms with Gasteiger partial charge in [0.05, 0.1) is 0 Å². The van der Waals surface area contributed by atoms with Gasteiger partial charge in [0.25, 0.3) is 5.91 Å². The summed E-state index contributed by atoms with van der Waals surface area (Å²) in [7, 11) is 0. The number of aryl methyl sites for hydroxylation is 1. The molecular formula is C10H15N3O3S. The van der Waals surface area contributed by atoms with Crippen molar-refractivity contribution in [1.29, 1.82) is 0 Å². The molecule has 1 atom stereocenters. The van der Waals surface area contributed by atoms with Gasteiger partial charge in [0.2, 0.25) is 0 Å². The number of carbonyl (C=O) groups excluding carboxylic acids is 1. The Labute approximate surface area is 103 Å². The van der Waals surface area contributed by atoms with E-state index in [9.17, 15) is 9.59 Å². The Kier molecular flexibility index (Phi) is 5.02. The Bertz CT molecular complexity index is 405. The summed E-state index contributed by atoms with van der Waals surface area (Å²) < 4.78 is 0. The number of aromatic nitrogens is 2. The van der Waals surface area contributed by atoms with Gasteiger partial charge in [-0.3, -0.25) is 9.89 Å². The molecule has 7 heteroatoms. The molecule has 0 saturated carbocycles. The maximum Gasteiger partial charge on any atom is 0.326 e. The zero-order chi connectivity index (χ0) is 12.8. The van der Waals surface area contributed by atoms with Crippen LogP contribution in [-0.2, 0) is 4.79 Å². The van der Waals surface area contributed by atoms with Crippen molar-refractivity contribution in [2.75, 3.05) is 12.0 Å². The second kappa shape index (κ2) is 6.29. The van der Waals surface area contributed by atoms with Crippen molar-refractivity contribution in [1.82, 2.24) is 15.5 Å². The molecule has 0 unspecified atom stereocenters. The van der Waals surface area contributed by atoms with Gasteiger partial charge in [-0.25, -0.2) is 4.79 Å². The molecule has 6 nitrogen and oxygen atoms in total. The van der Waals surface area contributed by atoms with Crippen LogP contribution in [0.15, 0.2) is 6.07 Å². The smallest absolute Gasteiger partial charge is 0.326 e. The van der Waals surface area contributed by atoms with Crippen molar-refractivity contribution in [2.45, 2.75) is 19.4 Å². The normalized spacial score (nSPS) is 12.1. The molecule has 1 heterocycles. The van der Waals surface area contributed by atoms with E-state index in [1.807, 2.05) is 6.26 Å². The van der Waals surface area contributed by atoms with E-state index in [-0.39, 0.29) is 5.69 Å². The SMILES string of the molecule is CSCC[C@@H](NC(=O)c1cc(C)[nH]n1)C(=O)O. The molecule has 0 saturated heterocycles. The number of hydrogen-bond donors (Lipinski definition) is 3. The number of amides is 1. The van der Waals surface area contributed by atoms with Crippen LogP contribution in [0.1, 0.15) is 22.6 Å². The monoisotopic (exact) mass is 257 g/mol. The maximum atomic E-state index is 11.7. The summed E-state index contributed by atoms with van der Waals surface area (Å²) in [6, 6.07) is 0.704. The standard InChI is InChI=1S/C10H15N3O3S/c1-6-5-8(13-12-6)9(14)11-7(10(15)16)3-4-17-2/h5,7H,3-4H2,1-2H3,(H,11,14)(H,12,13)(H,15,16)/t7-/m1/s1. The van der Waals surface area contributed by atoms with Gasteiger partial charge in [-0.15, -0.1) is 0 Å². The van der Waals surface area contributed by atoms with Gasteiger partial charge in [-0.1, -0.05) is 0 Å². The summed E-state index contributed by atoms with van der Waals surface area (Å²) in [6.07, 6.45) is 2.28. The quantitative estimate of drug-likeness (QED) is 0.695. The fourth-order valence-electron chi connectivity index (χ4n) is 1.26. The summed E-state index contributed by atoms with van der Waals surface area (Å²) in [4.78, 5) is 22.6. The lowest BCUT2D eigenvalue weighted by Crippen LogP contribution is -2.41. The number of carbonyl (C=O) groups is 2. The highest BCUT2D eigenvalue weighted by Crippen LogP contribution is 2.03. The van der Waals surface area contributed by atoms with Crippen LogP contribution < -0.4 is 5.32 Å². The molecule has 1 aromatic heterocycles. The average molecular weight is 257 g/mol. The number of thioether (sulfide) groups is 1. The number of aliphatic carboxylic acids is 1. The predicted octanol–water partition coefficient (Wildman–Crippen LogP) is 0.654. The lowest BCUT2D eigenvalue weighted by molar-refractivity contribution is -0.139. The third-order valence-electron chi connectivity index (χ3n) is 2.15. The van der Waals surface area contributed by atoms with Crippen molar-refractivity contribution in [3.8, 4) is 0 Å². The lowest BCUT2D eigenvalue weighted by atomic mass is 10.2. The molecule has 0 fully saturated rings. The minimum absolute atomic E-state index is 0.206. The molecule has 0 radical (unpaired) electrons. The third kappa shape index (κ3) is 4.10. The van der Waals surface area contributed by atoms with E-state index in [1.165, 1.54) is 11.8 Å². The molecule has 1 rings (SSSR count). The third-order valence-corrected chi connectivity index (χ3v) is 2.80. The summed E-state index contributed by atoms with van der Waals surface area (Å²) in [5, 5.41) is 17.8. The van der Waals surface area contributed by atoms with Crippen LogP contribution in [0.25, 0.3) is 0 Å². The first-order valence-corrected chi connectivity index (χ1v) is 6.48. The summed E-state index contributed by atoms with van der Waals surface area (Å²) in [6.45, 7) is 1.77. The van der Waals surface area contributed by atoms with Gasteiger partial charge in [-0.2, -0.15) is 16.9 Å². The van der Waals surface area contributed by atoms with E-state index >= 15 is 0 Å². The number of nitrogens with one attached hydrogen (secondary N) is 2. The highest BCUT2D eigenvalue weighted by atomic mass is 32.2. The number of aromatic amines is 1. The van der Waals surface area contributed by atoms with Crippen LogP contribution in [0.3, 0.4) is 0 Å². The van der Waals surface area contributed by atoms with Crippen LogP contribution in [0.2, 0.25) is 0 Å². The Morgan fingerprint density at radius 3 is 2.82 bits per heavy atom. The van der Waals surface area contributed by atoms with E-state index in [1.54, 1.807) is 13.0 Å². The first-order valence-electron chi connectivity index (χ1n) is 5.09. The molecule has 3 N–H and O–H groups in total. The van der Waals surface area contributed by atoms with Crippen molar-refractivity contribution >= 4 is 23.6 Å². The number of nitrogens with zero attached hydrogens (tertiary/aromatic N) is 1. The van der Waals surface area contributed by atoms with Gasteiger partial charge in [-0.05, 0) is 31.4 Å². The maximum absolute atomic E-state index is 11.7. The Morgan fingerprint density at radius 2 is 2.35 bits per heavy atom.